The van der Waals surface area contributed by atoms with Gasteiger partial charge in [-0.1, -0.05) is 13.3 Å². The molecule has 4 nitrogen and oxygen atoms in total. The van der Waals surface area contributed by atoms with Gasteiger partial charge in [0.1, 0.15) is 0 Å². The molecule has 19 heavy (non-hydrogen) atoms. The number of rotatable bonds is 13. The molecule has 0 saturated heterocycles. The molecule has 0 aromatic heterocycles. The molecule has 4 N–H and O–H groups in total. The van der Waals surface area contributed by atoms with Crippen LogP contribution < -0.4 is 5.32 Å². The van der Waals surface area contributed by atoms with Crippen LogP contribution in [0.4, 0.5) is 0 Å². The summed E-state index contributed by atoms with van der Waals surface area (Å²) in [6.45, 7) is 4.60. The standard InChI is InChI=1S/C14H34NO3P/c1-3-4-5-6-7-8-9-10-11-12-13-15-14(2)19(16,17)18/h14-19H,3-13H2,1-2H3. The Hall–Kier alpha value is 0.270. The summed E-state index contributed by atoms with van der Waals surface area (Å²) in [7, 11) is -3.97. The third-order valence-electron chi connectivity index (χ3n) is 3.56. The normalized spacial score (nSPS) is 14.6. The summed E-state index contributed by atoms with van der Waals surface area (Å²) in [5, 5.41) is 2.96. The first-order valence-electron chi connectivity index (χ1n) is 7.89. The molecule has 0 aliphatic rings. The van der Waals surface area contributed by atoms with Crippen LogP contribution in [0.3, 0.4) is 0 Å². The van der Waals surface area contributed by atoms with Gasteiger partial charge in [0.25, 0.3) is 0 Å². The number of unbranched alkanes of at least 4 members (excludes halogenated alkanes) is 9. The molecule has 0 aliphatic carbocycles. The summed E-state index contributed by atoms with van der Waals surface area (Å²) in [6.07, 6.45) is 12.9. The number of hydrogen-bond acceptors (Lipinski definition) is 4. The monoisotopic (exact) mass is 295 g/mol. The fraction of sp³-hybridized carbons (Fsp3) is 1.00. The molecule has 0 spiro atoms. The van der Waals surface area contributed by atoms with E-state index < -0.39 is 13.7 Å². The first-order valence-corrected chi connectivity index (χ1v) is 9.81. The van der Waals surface area contributed by atoms with Gasteiger partial charge in [-0.15, -0.1) is 0 Å². The van der Waals surface area contributed by atoms with Gasteiger partial charge in [0.2, 0.25) is 0 Å². The Morgan fingerprint density at radius 3 is 1.63 bits per heavy atom. The van der Waals surface area contributed by atoms with Crippen LogP contribution in [0, 0.1) is 0 Å². The molecule has 1 unspecified atom stereocenters. The van der Waals surface area contributed by atoms with Crippen LogP contribution in [0.1, 0.15) is 78.1 Å². The maximum atomic E-state index is 9.04. The molecule has 0 radical (unpaired) electrons. The molecule has 0 bridgehead atoms. The van der Waals surface area contributed by atoms with E-state index in [0.29, 0.717) is 0 Å². The Morgan fingerprint density at radius 1 is 0.789 bits per heavy atom. The van der Waals surface area contributed by atoms with Crippen molar-refractivity contribution in [3.8, 4) is 0 Å². The maximum absolute atomic E-state index is 9.04. The van der Waals surface area contributed by atoms with Gasteiger partial charge in [-0.25, -0.2) is 0 Å². The zero-order valence-corrected chi connectivity index (χ0v) is 13.7. The van der Waals surface area contributed by atoms with Gasteiger partial charge in [-0.3, -0.25) is 0 Å². The van der Waals surface area contributed by atoms with Crippen LogP contribution >= 0.6 is 7.94 Å². The quantitative estimate of drug-likeness (QED) is 0.311. The van der Waals surface area contributed by atoms with Gasteiger partial charge in [0, 0.05) is 0 Å². The van der Waals surface area contributed by atoms with Crippen molar-refractivity contribution < 1.29 is 14.7 Å². The van der Waals surface area contributed by atoms with E-state index in [-0.39, 0.29) is 0 Å². The third-order valence-corrected chi connectivity index (χ3v) is 4.93. The molecule has 0 rings (SSSR count). The molecule has 0 saturated carbocycles. The van der Waals surface area contributed by atoms with Gasteiger partial charge in [-0.2, -0.15) is 0 Å². The second-order valence-electron chi connectivity index (χ2n) is 5.55. The SMILES string of the molecule is CCCCCCCCCCCCNC(C)[PH](O)(O)O. The second-order valence-corrected chi connectivity index (χ2v) is 7.79. The van der Waals surface area contributed by atoms with Crippen molar-refractivity contribution in [2.45, 2.75) is 83.8 Å². The van der Waals surface area contributed by atoms with Crippen LogP contribution in [0.5, 0.6) is 0 Å². The van der Waals surface area contributed by atoms with Crippen molar-refractivity contribution in [1.29, 1.82) is 0 Å². The predicted octanol–water partition coefficient (Wildman–Crippen LogP) is 3.31. The van der Waals surface area contributed by atoms with Gasteiger partial charge in [0.05, 0.1) is 0 Å². The molecule has 118 valence electrons. The third kappa shape index (κ3) is 13.0. The van der Waals surface area contributed by atoms with E-state index in [2.05, 4.69) is 12.2 Å². The van der Waals surface area contributed by atoms with Crippen LogP contribution in [0.2, 0.25) is 0 Å². The first-order chi connectivity index (χ1) is 8.98. The minimum atomic E-state index is -3.97. The van der Waals surface area contributed by atoms with E-state index in [9.17, 15) is 0 Å². The molecule has 5 heteroatoms. The Morgan fingerprint density at radius 2 is 1.21 bits per heavy atom. The van der Waals surface area contributed by atoms with E-state index >= 15 is 0 Å². The Bertz CT molecular complexity index is 198. The Balaban J connectivity index is 3.15. The van der Waals surface area contributed by atoms with Crippen molar-refractivity contribution in [3.05, 3.63) is 0 Å². The minimum absolute atomic E-state index is 0.578. The van der Waals surface area contributed by atoms with Crippen molar-refractivity contribution in [1.82, 2.24) is 5.32 Å². The van der Waals surface area contributed by atoms with Crippen LogP contribution in [0.25, 0.3) is 0 Å². The zero-order valence-electron chi connectivity index (χ0n) is 12.7. The molecule has 0 amide bonds. The summed E-state index contributed by atoms with van der Waals surface area (Å²) < 4.78 is 0. The molecule has 0 fully saturated rings. The molecular weight excluding hydrogens is 261 g/mol. The average molecular weight is 295 g/mol. The molecule has 0 aromatic rings. The van der Waals surface area contributed by atoms with Gasteiger partial charge in [0.15, 0.2) is 0 Å². The topological polar surface area (TPSA) is 72.7 Å². The van der Waals surface area contributed by atoms with E-state index in [1.807, 2.05) is 0 Å². The number of hydrogen-bond donors (Lipinski definition) is 4. The Labute approximate surface area is 119 Å². The van der Waals surface area contributed by atoms with Crippen molar-refractivity contribution >= 4 is 7.94 Å². The molecule has 0 heterocycles. The summed E-state index contributed by atoms with van der Waals surface area (Å²) in [6, 6.07) is 0. The summed E-state index contributed by atoms with van der Waals surface area (Å²) in [5.74, 6) is -0.578. The predicted molar refractivity (Wildman–Crippen MR) is 84.3 cm³/mol. The molecular formula is C14H34NO3P. The van der Waals surface area contributed by atoms with E-state index in [0.717, 1.165) is 13.0 Å². The van der Waals surface area contributed by atoms with Crippen LogP contribution in [-0.2, 0) is 0 Å². The van der Waals surface area contributed by atoms with Crippen LogP contribution in [0.15, 0.2) is 0 Å². The molecule has 0 aliphatic heterocycles. The fourth-order valence-corrected chi connectivity index (χ4v) is 2.49. The van der Waals surface area contributed by atoms with E-state index in [1.165, 1.54) is 57.8 Å². The first kappa shape index (κ1) is 19.3. The summed E-state index contributed by atoms with van der Waals surface area (Å²) in [5.41, 5.74) is 0. The van der Waals surface area contributed by atoms with E-state index in [4.69, 9.17) is 14.7 Å². The summed E-state index contributed by atoms with van der Waals surface area (Å²) >= 11 is 0. The Kier molecular flexibility index (Phi) is 12.2. The van der Waals surface area contributed by atoms with Crippen LogP contribution in [-0.4, -0.2) is 27.0 Å². The average Bonchev–Trinajstić information content (AvgIpc) is 2.34. The molecule has 1 atom stereocenters. The molecule has 0 aromatic carbocycles. The van der Waals surface area contributed by atoms with E-state index in [1.54, 1.807) is 6.92 Å². The summed E-state index contributed by atoms with van der Waals surface area (Å²) in [4.78, 5) is 27.1. The van der Waals surface area contributed by atoms with Crippen molar-refractivity contribution in [3.63, 3.8) is 0 Å². The van der Waals surface area contributed by atoms with Gasteiger partial charge in [-0.05, 0) is 0 Å². The van der Waals surface area contributed by atoms with Crippen molar-refractivity contribution in [2.24, 2.45) is 0 Å². The zero-order chi connectivity index (χ0) is 14.6. The fourth-order valence-electron chi connectivity index (χ4n) is 2.07. The number of nitrogens with one attached hydrogen (secondary N) is 1. The van der Waals surface area contributed by atoms with Gasteiger partial charge >= 0.3 is 105 Å². The van der Waals surface area contributed by atoms with Crippen molar-refractivity contribution in [2.75, 3.05) is 6.54 Å². The van der Waals surface area contributed by atoms with Gasteiger partial charge < -0.3 is 0 Å². The second kappa shape index (κ2) is 12.0.